The molecule has 1 saturated heterocycles. The summed E-state index contributed by atoms with van der Waals surface area (Å²) in [4.78, 5) is 32.1. The van der Waals surface area contributed by atoms with Gasteiger partial charge in [-0.25, -0.2) is 9.59 Å². The first-order valence-electron chi connectivity index (χ1n) is 18.7. The van der Waals surface area contributed by atoms with Gasteiger partial charge in [0, 0.05) is 55.8 Å². The molecule has 10 heteroatoms. The number of aromatic nitrogens is 1. The van der Waals surface area contributed by atoms with E-state index in [1.165, 1.54) is 7.11 Å². The van der Waals surface area contributed by atoms with E-state index < -0.39 is 24.3 Å². The van der Waals surface area contributed by atoms with Crippen molar-refractivity contribution in [2.75, 3.05) is 27.2 Å². The van der Waals surface area contributed by atoms with Crippen molar-refractivity contribution in [3.05, 3.63) is 161 Å². The van der Waals surface area contributed by atoms with Crippen molar-refractivity contribution >= 4 is 12.0 Å². The molecule has 0 bridgehead atoms. The summed E-state index contributed by atoms with van der Waals surface area (Å²) in [5.74, 6) is -0.453. The predicted molar refractivity (Wildman–Crippen MR) is 212 cm³/mol. The Labute approximate surface area is 323 Å². The molecule has 3 N–H and O–H groups in total. The Morgan fingerprint density at radius 2 is 1.56 bits per heavy atom. The van der Waals surface area contributed by atoms with E-state index in [1.807, 2.05) is 115 Å². The van der Waals surface area contributed by atoms with Crippen LogP contribution in [0.25, 0.3) is 11.1 Å². The summed E-state index contributed by atoms with van der Waals surface area (Å²) < 4.78 is 18.5. The Bertz CT molecular complexity index is 1980. The highest BCUT2D eigenvalue weighted by atomic mass is 16.7. The van der Waals surface area contributed by atoms with E-state index in [0.717, 1.165) is 57.6 Å². The number of nitrogens with zero attached hydrogens (tertiary/aromatic N) is 2. The molecule has 2 amide bonds. The first-order chi connectivity index (χ1) is 26.8. The van der Waals surface area contributed by atoms with E-state index >= 15 is 0 Å². The molecule has 5 atom stereocenters. The molecular formula is C45H50N4O6. The number of aliphatic hydroxyl groups is 1. The summed E-state index contributed by atoms with van der Waals surface area (Å²) >= 11 is 0. The number of rotatable bonds is 15. The van der Waals surface area contributed by atoms with Gasteiger partial charge in [0.05, 0.1) is 25.9 Å². The Hall–Kier alpha value is -5.39. The number of carbonyl (C=O) groups excluding carboxylic acids is 2. The first kappa shape index (κ1) is 39.3. The molecule has 0 spiro atoms. The third-order valence-corrected chi connectivity index (χ3v) is 10.0. The molecule has 6 rings (SSSR count). The van der Waals surface area contributed by atoms with Gasteiger partial charge in [-0.1, -0.05) is 104 Å². The average Bonchev–Trinajstić information content (AvgIpc) is 3.23. The lowest BCUT2D eigenvalue weighted by Crippen LogP contribution is -2.47. The smallest absolute Gasteiger partial charge is 0.328 e. The molecule has 0 aliphatic carbocycles. The Morgan fingerprint density at radius 1 is 0.836 bits per heavy atom. The van der Waals surface area contributed by atoms with Crippen molar-refractivity contribution in [1.82, 2.24) is 20.5 Å². The van der Waals surface area contributed by atoms with E-state index in [4.69, 9.17) is 14.2 Å². The van der Waals surface area contributed by atoms with Crippen LogP contribution in [0.1, 0.15) is 52.8 Å². The highest BCUT2D eigenvalue weighted by Crippen LogP contribution is 2.42. The van der Waals surface area contributed by atoms with Gasteiger partial charge in [0.15, 0.2) is 6.29 Å². The van der Waals surface area contributed by atoms with Gasteiger partial charge in [-0.05, 0) is 64.7 Å². The molecule has 2 heterocycles. The molecule has 1 fully saturated rings. The number of amides is 2. The molecule has 0 saturated carbocycles. The molecule has 4 aromatic carbocycles. The Balaban J connectivity index is 1.15. The van der Waals surface area contributed by atoms with E-state index in [2.05, 4.69) is 46.6 Å². The van der Waals surface area contributed by atoms with Gasteiger partial charge < -0.3 is 34.9 Å². The minimum atomic E-state index is -0.820. The lowest BCUT2D eigenvalue weighted by Gasteiger charge is -2.42. The summed E-state index contributed by atoms with van der Waals surface area (Å²) in [5, 5.41) is 15.3. The van der Waals surface area contributed by atoms with Crippen molar-refractivity contribution < 1.29 is 28.9 Å². The van der Waals surface area contributed by atoms with Gasteiger partial charge >= 0.3 is 12.0 Å². The number of esters is 1. The summed E-state index contributed by atoms with van der Waals surface area (Å²) in [6, 6.07) is 38.3. The third kappa shape index (κ3) is 10.9. The zero-order valence-corrected chi connectivity index (χ0v) is 31.6. The quantitative estimate of drug-likeness (QED) is 0.100. The third-order valence-electron chi connectivity index (χ3n) is 10.0. The topological polar surface area (TPSA) is 122 Å². The fourth-order valence-electron chi connectivity index (χ4n) is 6.88. The fraction of sp³-hybridized carbons (Fsp3) is 0.311. The van der Waals surface area contributed by atoms with Crippen molar-refractivity contribution in [1.29, 1.82) is 0 Å². The number of urea groups is 1. The first-order valence-corrected chi connectivity index (χ1v) is 18.7. The Kier molecular flexibility index (Phi) is 13.8. The molecule has 55 heavy (non-hydrogen) atoms. The van der Waals surface area contributed by atoms with Crippen LogP contribution < -0.4 is 10.6 Å². The van der Waals surface area contributed by atoms with E-state index in [1.54, 1.807) is 0 Å². The van der Waals surface area contributed by atoms with Crippen LogP contribution in [0.4, 0.5) is 4.79 Å². The molecule has 5 aromatic rings. The number of nitrogens with one attached hydrogen (secondary N) is 2. The standard InChI is InChI=1S/C45H50N4O6/c1-31-41(29-49(2)24-22-39-17-7-8-23-46-39)54-44(55-42(31)35-20-18-33(30-50)19-21-35)38-16-10-15-37(27-38)36-14-9-13-34(25-36)28-47-45(52)48-40(43(51)53-3)26-32-11-5-4-6-12-32/h4-21,23,25,27,31,40-42,44,50H,22,24,26,28-30H2,1-3H3,(H2,47,48,52). The van der Waals surface area contributed by atoms with Crippen molar-refractivity contribution in [3.8, 4) is 11.1 Å². The van der Waals surface area contributed by atoms with Gasteiger partial charge in [-0.15, -0.1) is 0 Å². The van der Waals surface area contributed by atoms with E-state index in [-0.39, 0.29) is 31.3 Å². The molecule has 286 valence electrons. The number of hydrogen-bond donors (Lipinski definition) is 3. The number of aliphatic hydroxyl groups excluding tert-OH is 1. The van der Waals surface area contributed by atoms with E-state index in [9.17, 15) is 14.7 Å². The highest BCUT2D eigenvalue weighted by Gasteiger charge is 2.39. The van der Waals surface area contributed by atoms with Gasteiger partial charge in [0.2, 0.25) is 0 Å². The van der Waals surface area contributed by atoms with Crippen LogP contribution in [0.15, 0.2) is 128 Å². The Morgan fingerprint density at radius 3 is 2.29 bits per heavy atom. The zero-order chi connectivity index (χ0) is 38.6. The molecule has 0 radical (unpaired) electrons. The van der Waals surface area contributed by atoms with Gasteiger partial charge in [-0.2, -0.15) is 0 Å². The molecule has 1 aromatic heterocycles. The SMILES string of the molecule is COC(=O)C(Cc1ccccc1)NC(=O)NCc1cccc(-c2cccc(C3OC(CN(C)CCc4ccccn4)C(C)C(c4ccc(CO)cc4)O3)c2)c1. The molecule has 5 unspecified atom stereocenters. The molecule has 1 aliphatic rings. The molecule has 1 aliphatic heterocycles. The maximum Gasteiger partial charge on any atom is 0.328 e. The van der Waals surface area contributed by atoms with Crippen LogP contribution in [0, 0.1) is 5.92 Å². The van der Waals surface area contributed by atoms with Gasteiger partial charge in [0.1, 0.15) is 6.04 Å². The summed E-state index contributed by atoms with van der Waals surface area (Å²) in [6.07, 6.45) is 2.03. The van der Waals surface area contributed by atoms with Crippen molar-refractivity contribution in [2.45, 2.75) is 57.5 Å². The molecular weight excluding hydrogens is 693 g/mol. The van der Waals surface area contributed by atoms with Crippen molar-refractivity contribution in [2.24, 2.45) is 5.92 Å². The van der Waals surface area contributed by atoms with Gasteiger partial charge in [0.25, 0.3) is 0 Å². The fourth-order valence-corrected chi connectivity index (χ4v) is 6.88. The predicted octanol–water partition coefficient (Wildman–Crippen LogP) is 6.79. The number of hydrogen-bond acceptors (Lipinski definition) is 8. The van der Waals surface area contributed by atoms with Crippen LogP contribution in [0.5, 0.6) is 0 Å². The number of carbonyl (C=O) groups is 2. The van der Waals surface area contributed by atoms with Crippen LogP contribution in [0.3, 0.4) is 0 Å². The van der Waals surface area contributed by atoms with Crippen molar-refractivity contribution in [3.63, 3.8) is 0 Å². The number of pyridine rings is 1. The van der Waals surface area contributed by atoms with Crippen LogP contribution in [-0.4, -0.2) is 66.4 Å². The van der Waals surface area contributed by atoms with Crippen LogP contribution in [0.2, 0.25) is 0 Å². The number of benzene rings is 4. The van der Waals surface area contributed by atoms with E-state index in [0.29, 0.717) is 13.0 Å². The lowest BCUT2D eigenvalue weighted by molar-refractivity contribution is -0.275. The normalized spacial score (nSPS) is 18.7. The summed E-state index contributed by atoms with van der Waals surface area (Å²) in [6.45, 7) is 3.98. The zero-order valence-electron chi connectivity index (χ0n) is 31.6. The summed E-state index contributed by atoms with van der Waals surface area (Å²) in [7, 11) is 3.43. The monoisotopic (exact) mass is 742 g/mol. The second-order valence-corrected chi connectivity index (χ2v) is 14.1. The highest BCUT2D eigenvalue weighted by molar-refractivity contribution is 5.83. The minimum Gasteiger partial charge on any atom is -0.467 e. The van der Waals surface area contributed by atoms with Crippen LogP contribution in [-0.2, 0) is 45.0 Å². The minimum absolute atomic E-state index is 0.0152. The number of ether oxygens (including phenoxy) is 3. The maximum atomic E-state index is 12.9. The summed E-state index contributed by atoms with van der Waals surface area (Å²) in [5.41, 5.74) is 7.62. The largest absolute Gasteiger partial charge is 0.467 e. The van der Waals surface area contributed by atoms with Gasteiger partial charge in [-0.3, -0.25) is 4.98 Å². The number of methoxy groups -OCH3 is 1. The number of likely N-dealkylation sites (N-methyl/N-ethyl adjacent to an activating group) is 1. The maximum absolute atomic E-state index is 12.9. The second kappa shape index (κ2) is 19.3. The molecule has 10 nitrogen and oxygen atoms in total. The van der Waals surface area contributed by atoms with Crippen LogP contribution >= 0.6 is 0 Å². The average molecular weight is 743 g/mol. The lowest BCUT2D eigenvalue weighted by atomic mass is 9.90. The second-order valence-electron chi connectivity index (χ2n) is 14.1.